The van der Waals surface area contributed by atoms with Gasteiger partial charge < -0.3 is 15.4 Å². The molecule has 2 unspecified atom stereocenters. The maximum atomic E-state index is 12.0. The van der Waals surface area contributed by atoms with Gasteiger partial charge in [-0.05, 0) is 25.5 Å². The minimum atomic E-state index is -0.139. The van der Waals surface area contributed by atoms with Gasteiger partial charge in [-0.15, -0.1) is 0 Å². The van der Waals surface area contributed by atoms with Crippen LogP contribution < -0.4 is 10.5 Å². The molecule has 106 valence electrons. The predicted octanol–water partition coefficient (Wildman–Crippen LogP) is 1.90. The Morgan fingerprint density at radius 2 is 1.95 bits per heavy atom. The molecule has 1 rings (SSSR count). The summed E-state index contributed by atoms with van der Waals surface area (Å²) in [7, 11) is 1.81. The van der Waals surface area contributed by atoms with Crippen molar-refractivity contribution in [1.29, 1.82) is 0 Å². The summed E-state index contributed by atoms with van der Waals surface area (Å²) in [5.41, 5.74) is 5.73. The summed E-state index contributed by atoms with van der Waals surface area (Å²) in [5, 5.41) is 0. The molecular formula is C15H24N2O2. The molecule has 4 nitrogen and oxygen atoms in total. The number of nitrogens with zero attached hydrogens (tertiary/aromatic N) is 1. The zero-order valence-corrected chi connectivity index (χ0v) is 12.0. The molecule has 0 aromatic heterocycles. The van der Waals surface area contributed by atoms with Crippen LogP contribution in [0.5, 0.6) is 5.75 Å². The van der Waals surface area contributed by atoms with Gasteiger partial charge in [-0.2, -0.15) is 0 Å². The highest BCUT2D eigenvalue weighted by atomic mass is 16.5. The van der Waals surface area contributed by atoms with Gasteiger partial charge in [-0.3, -0.25) is 4.79 Å². The lowest BCUT2D eigenvalue weighted by molar-refractivity contribution is -0.134. The molecular weight excluding hydrogens is 240 g/mol. The highest BCUT2D eigenvalue weighted by Gasteiger charge is 2.20. The van der Waals surface area contributed by atoms with E-state index in [1.54, 1.807) is 4.90 Å². The second kappa shape index (κ2) is 7.79. The number of amides is 1. The van der Waals surface area contributed by atoms with Crippen LogP contribution in [0.1, 0.15) is 20.3 Å². The van der Waals surface area contributed by atoms with E-state index in [1.807, 2.05) is 51.2 Å². The molecule has 0 aliphatic carbocycles. The Morgan fingerprint density at radius 1 is 1.32 bits per heavy atom. The lowest BCUT2D eigenvalue weighted by atomic mass is 10.0. The fourth-order valence-corrected chi connectivity index (χ4v) is 1.69. The third-order valence-corrected chi connectivity index (χ3v) is 3.20. The zero-order valence-electron chi connectivity index (χ0n) is 12.0. The topological polar surface area (TPSA) is 55.6 Å². The summed E-state index contributed by atoms with van der Waals surface area (Å²) in [4.78, 5) is 13.7. The van der Waals surface area contributed by atoms with Crippen LogP contribution in [0.2, 0.25) is 0 Å². The Labute approximate surface area is 115 Å². The van der Waals surface area contributed by atoms with E-state index in [1.165, 1.54) is 0 Å². The monoisotopic (exact) mass is 264 g/mol. The molecule has 2 atom stereocenters. The molecule has 0 heterocycles. The van der Waals surface area contributed by atoms with Crippen molar-refractivity contribution in [2.75, 3.05) is 20.2 Å². The first kappa shape index (κ1) is 15.5. The van der Waals surface area contributed by atoms with Crippen LogP contribution in [0.3, 0.4) is 0 Å². The van der Waals surface area contributed by atoms with E-state index in [9.17, 15) is 4.79 Å². The Morgan fingerprint density at radius 3 is 2.53 bits per heavy atom. The van der Waals surface area contributed by atoms with E-state index in [-0.39, 0.29) is 17.9 Å². The molecule has 0 saturated heterocycles. The maximum absolute atomic E-state index is 12.0. The standard InChI is InChI=1S/C15H24N2O2/c1-12(13(2)16)15(18)17(3)10-7-11-19-14-8-5-4-6-9-14/h4-6,8-9,12-13H,7,10-11,16H2,1-3H3. The summed E-state index contributed by atoms with van der Waals surface area (Å²) >= 11 is 0. The number of hydrogen-bond donors (Lipinski definition) is 1. The minimum Gasteiger partial charge on any atom is -0.494 e. The number of nitrogens with two attached hydrogens (primary N) is 1. The van der Waals surface area contributed by atoms with Crippen LogP contribution >= 0.6 is 0 Å². The number of rotatable bonds is 7. The molecule has 0 fully saturated rings. The smallest absolute Gasteiger partial charge is 0.226 e. The van der Waals surface area contributed by atoms with Crippen molar-refractivity contribution in [1.82, 2.24) is 4.90 Å². The van der Waals surface area contributed by atoms with E-state index in [0.29, 0.717) is 13.2 Å². The third-order valence-electron chi connectivity index (χ3n) is 3.20. The summed E-state index contributed by atoms with van der Waals surface area (Å²) in [5.74, 6) is 0.815. The van der Waals surface area contributed by atoms with Gasteiger partial charge >= 0.3 is 0 Å². The Balaban J connectivity index is 2.24. The van der Waals surface area contributed by atoms with Crippen LogP contribution in [-0.4, -0.2) is 37.0 Å². The van der Waals surface area contributed by atoms with Gasteiger partial charge in [0.2, 0.25) is 5.91 Å². The Kier molecular flexibility index (Phi) is 6.36. The molecule has 4 heteroatoms. The van der Waals surface area contributed by atoms with Crippen molar-refractivity contribution >= 4 is 5.91 Å². The highest BCUT2D eigenvalue weighted by Crippen LogP contribution is 2.09. The molecule has 0 bridgehead atoms. The van der Waals surface area contributed by atoms with E-state index < -0.39 is 0 Å². The molecule has 1 amide bonds. The quantitative estimate of drug-likeness (QED) is 0.765. The van der Waals surface area contributed by atoms with Crippen LogP contribution in [0.15, 0.2) is 30.3 Å². The van der Waals surface area contributed by atoms with Crippen molar-refractivity contribution in [3.63, 3.8) is 0 Å². The molecule has 1 aromatic rings. The van der Waals surface area contributed by atoms with Gasteiger partial charge in [-0.25, -0.2) is 0 Å². The van der Waals surface area contributed by atoms with Crippen molar-refractivity contribution < 1.29 is 9.53 Å². The predicted molar refractivity (Wildman–Crippen MR) is 77.0 cm³/mol. The van der Waals surface area contributed by atoms with Crippen LogP contribution in [0.4, 0.5) is 0 Å². The number of carbonyl (C=O) groups is 1. The number of ether oxygens (including phenoxy) is 1. The van der Waals surface area contributed by atoms with Gasteiger partial charge in [0.05, 0.1) is 12.5 Å². The summed E-state index contributed by atoms with van der Waals surface area (Å²) in [6.07, 6.45) is 0.808. The van der Waals surface area contributed by atoms with Gasteiger partial charge in [0, 0.05) is 19.6 Å². The second-order valence-electron chi connectivity index (χ2n) is 4.92. The van der Waals surface area contributed by atoms with Crippen LogP contribution in [-0.2, 0) is 4.79 Å². The third kappa shape index (κ3) is 5.30. The highest BCUT2D eigenvalue weighted by molar-refractivity contribution is 5.78. The fraction of sp³-hybridized carbons (Fsp3) is 0.533. The van der Waals surface area contributed by atoms with Crippen molar-refractivity contribution in [3.05, 3.63) is 30.3 Å². The number of hydrogen-bond acceptors (Lipinski definition) is 3. The molecule has 1 aromatic carbocycles. The molecule has 0 radical (unpaired) electrons. The van der Waals surface area contributed by atoms with E-state index in [0.717, 1.165) is 12.2 Å². The average Bonchev–Trinajstić information content (AvgIpc) is 2.42. The van der Waals surface area contributed by atoms with Gasteiger partial charge in [0.15, 0.2) is 0 Å². The van der Waals surface area contributed by atoms with E-state index in [2.05, 4.69) is 0 Å². The Bertz CT molecular complexity index is 379. The van der Waals surface area contributed by atoms with Crippen molar-refractivity contribution in [2.45, 2.75) is 26.3 Å². The number of carbonyl (C=O) groups excluding carboxylic acids is 1. The minimum absolute atomic E-state index is 0.0923. The first-order valence-corrected chi connectivity index (χ1v) is 6.70. The molecule has 0 spiro atoms. The first-order chi connectivity index (χ1) is 9.02. The maximum Gasteiger partial charge on any atom is 0.226 e. The summed E-state index contributed by atoms with van der Waals surface area (Å²) in [6.45, 7) is 5.01. The van der Waals surface area contributed by atoms with Gasteiger partial charge in [0.25, 0.3) is 0 Å². The summed E-state index contributed by atoms with van der Waals surface area (Å²) in [6, 6.07) is 9.56. The van der Waals surface area contributed by atoms with Crippen LogP contribution in [0, 0.1) is 5.92 Å². The molecule has 0 aliphatic rings. The fourth-order valence-electron chi connectivity index (χ4n) is 1.69. The van der Waals surface area contributed by atoms with Gasteiger partial charge in [-0.1, -0.05) is 25.1 Å². The van der Waals surface area contributed by atoms with Crippen molar-refractivity contribution in [3.8, 4) is 5.75 Å². The van der Waals surface area contributed by atoms with Crippen molar-refractivity contribution in [2.24, 2.45) is 11.7 Å². The largest absolute Gasteiger partial charge is 0.494 e. The zero-order chi connectivity index (χ0) is 14.3. The first-order valence-electron chi connectivity index (χ1n) is 6.70. The van der Waals surface area contributed by atoms with E-state index >= 15 is 0 Å². The molecule has 0 saturated carbocycles. The lowest BCUT2D eigenvalue weighted by Gasteiger charge is -2.23. The number of para-hydroxylation sites is 1. The average molecular weight is 264 g/mol. The summed E-state index contributed by atoms with van der Waals surface area (Å²) < 4.78 is 5.58. The molecule has 19 heavy (non-hydrogen) atoms. The SMILES string of the molecule is CC(N)C(C)C(=O)N(C)CCCOc1ccccc1. The van der Waals surface area contributed by atoms with Gasteiger partial charge in [0.1, 0.15) is 5.75 Å². The Hall–Kier alpha value is -1.55. The van der Waals surface area contributed by atoms with E-state index in [4.69, 9.17) is 10.5 Å². The second-order valence-corrected chi connectivity index (χ2v) is 4.92. The lowest BCUT2D eigenvalue weighted by Crippen LogP contribution is -2.40. The number of benzene rings is 1. The normalized spacial score (nSPS) is 13.7. The molecule has 0 aliphatic heterocycles. The van der Waals surface area contributed by atoms with Crippen LogP contribution in [0.25, 0.3) is 0 Å². The molecule has 2 N–H and O–H groups in total.